The molecular weight excluding hydrogens is 414 g/mol. The van der Waals surface area contributed by atoms with E-state index in [0.717, 1.165) is 27.9 Å². The van der Waals surface area contributed by atoms with Crippen molar-refractivity contribution in [2.24, 2.45) is 0 Å². The van der Waals surface area contributed by atoms with Gasteiger partial charge in [-0.3, -0.25) is 4.79 Å². The highest BCUT2D eigenvalue weighted by Gasteiger charge is 2.20. The molecule has 1 amide bonds. The van der Waals surface area contributed by atoms with Crippen LogP contribution in [0.5, 0.6) is 0 Å². The summed E-state index contributed by atoms with van der Waals surface area (Å²) in [4.78, 5) is 17.5. The monoisotopic (exact) mass is 433 g/mol. The number of pyridine rings is 1. The predicted molar refractivity (Wildman–Crippen MR) is 121 cm³/mol. The topological polar surface area (TPSA) is 59.5 Å². The lowest BCUT2D eigenvalue weighted by atomic mass is 10.1. The van der Waals surface area contributed by atoms with E-state index in [1.807, 2.05) is 65.3 Å². The Kier molecular flexibility index (Phi) is 5.29. The number of hydrogen-bond acceptors (Lipinski definition) is 5. The molecule has 150 valence electrons. The number of amides is 1. The van der Waals surface area contributed by atoms with Crippen LogP contribution in [-0.4, -0.2) is 21.8 Å². The van der Waals surface area contributed by atoms with Gasteiger partial charge in [0.2, 0.25) is 0 Å². The average molecular weight is 434 g/mol. The Morgan fingerprint density at radius 1 is 1.13 bits per heavy atom. The Labute approximate surface area is 181 Å². The van der Waals surface area contributed by atoms with E-state index in [4.69, 9.17) is 4.42 Å². The maximum atomic E-state index is 12.9. The predicted octanol–water partition coefficient (Wildman–Crippen LogP) is 5.41. The van der Waals surface area contributed by atoms with Crippen molar-refractivity contribution in [1.82, 2.24) is 14.7 Å². The van der Waals surface area contributed by atoms with Crippen LogP contribution in [0.3, 0.4) is 0 Å². The summed E-state index contributed by atoms with van der Waals surface area (Å²) >= 11 is 3.42. The summed E-state index contributed by atoms with van der Waals surface area (Å²) in [6, 6.07) is 17.8. The Hall–Kier alpha value is -3.03. The van der Waals surface area contributed by atoms with Crippen LogP contribution in [0, 0.1) is 0 Å². The van der Waals surface area contributed by atoms with Crippen LogP contribution in [-0.2, 0) is 12.2 Å². The van der Waals surface area contributed by atoms with E-state index < -0.39 is 0 Å². The highest BCUT2D eigenvalue weighted by molar-refractivity contribution is 8.00. The minimum Gasteiger partial charge on any atom is -0.451 e. The molecule has 7 heteroatoms. The number of thioether (sulfide) groups is 1. The van der Waals surface area contributed by atoms with E-state index >= 15 is 0 Å². The molecule has 4 heterocycles. The number of imidazole rings is 1. The third kappa shape index (κ3) is 3.86. The van der Waals surface area contributed by atoms with Crippen molar-refractivity contribution in [2.45, 2.75) is 16.4 Å². The quantitative estimate of drug-likeness (QED) is 0.349. The first kappa shape index (κ1) is 19.0. The van der Waals surface area contributed by atoms with Gasteiger partial charge < -0.3 is 14.1 Å². The first-order valence-corrected chi connectivity index (χ1v) is 11.5. The number of nitrogens with one attached hydrogen (secondary N) is 1. The molecule has 5 aromatic rings. The molecule has 1 N–H and O–H groups in total. The number of thiophene rings is 1. The fraction of sp³-hybridized carbons (Fsp3) is 0.130. The Balaban J connectivity index is 1.31. The number of carbonyl (C=O) groups excluding carboxylic acids is 1. The molecule has 5 rings (SSSR count). The number of carbonyl (C=O) groups is 1. The largest absolute Gasteiger partial charge is 0.451 e. The normalized spacial score (nSPS) is 11.3. The van der Waals surface area contributed by atoms with E-state index in [0.29, 0.717) is 24.5 Å². The molecule has 0 unspecified atom stereocenters. The molecule has 30 heavy (non-hydrogen) atoms. The van der Waals surface area contributed by atoms with Gasteiger partial charge in [0, 0.05) is 42.1 Å². The molecular formula is C23H19N3O2S2. The summed E-state index contributed by atoms with van der Waals surface area (Å²) in [5.74, 6) is 0.902. The summed E-state index contributed by atoms with van der Waals surface area (Å²) in [5, 5.41) is 6.05. The molecule has 0 bridgehead atoms. The van der Waals surface area contributed by atoms with Gasteiger partial charge in [-0.2, -0.15) is 0 Å². The highest BCUT2D eigenvalue weighted by atomic mass is 32.2. The van der Waals surface area contributed by atoms with Crippen molar-refractivity contribution >= 4 is 45.6 Å². The lowest BCUT2D eigenvalue weighted by Gasteiger charge is -2.04. The lowest BCUT2D eigenvalue weighted by molar-refractivity contribution is 0.0927. The fourth-order valence-corrected chi connectivity index (χ4v) is 5.22. The number of aromatic nitrogens is 2. The summed E-state index contributed by atoms with van der Waals surface area (Å²) in [7, 11) is 0. The van der Waals surface area contributed by atoms with Gasteiger partial charge in [0.1, 0.15) is 11.2 Å². The fourth-order valence-electron chi connectivity index (χ4n) is 3.41. The van der Waals surface area contributed by atoms with Crippen molar-refractivity contribution in [2.75, 3.05) is 6.54 Å². The number of rotatable bonds is 7. The van der Waals surface area contributed by atoms with E-state index in [1.54, 1.807) is 23.1 Å². The second kappa shape index (κ2) is 8.38. The van der Waals surface area contributed by atoms with Gasteiger partial charge in [0.15, 0.2) is 5.76 Å². The molecule has 0 aliphatic carbocycles. The highest BCUT2D eigenvalue weighted by Crippen LogP contribution is 2.33. The zero-order valence-corrected chi connectivity index (χ0v) is 17.7. The first-order chi connectivity index (χ1) is 14.8. The van der Waals surface area contributed by atoms with E-state index in [1.165, 1.54) is 4.21 Å². The maximum Gasteiger partial charge on any atom is 0.287 e. The van der Waals surface area contributed by atoms with Crippen LogP contribution in [0.25, 0.3) is 16.6 Å². The summed E-state index contributed by atoms with van der Waals surface area (Å²) in [5.41, 5.74) is 3.53. The second-order valence-corrected chi connectivity index (χ2v) is 9.05. The zero-order valence-electron chi connectivity index (χ0n) is 16.1. The van der Waals surface area contributed by atoms with Gasteiger partial charge in [0.05, 0.1) is 9.90 Å². The standard InChI is InChI=1S/C23H19N3O2S2/c27-23(24-11-10-16-14-26-12-4-3-8-20(26)25-16)22-18(15-30-21-9-5-13-29-21)17-6-1-2-7-19(17)28-22/h1-9,12-14H,10-11,15H2,(H,24,27). The van der Waals surface area contributed by atoms with Crippen LogP contribution >= 0.6 is 23.1 Å². The number of nitrogens with zero attached hydrogens (tertiary/aromatic N) is 2. The molecule has 0 atom stereocenters. The van der Waals surface area contributed by atoms with Crippen molar-refractivity contribution in [3.05, 3.63) is 89.4 Å². The van der Waals surface area contributed by atoms with Gasteiger partial charge in [-0.15, -0.1) is 23.1 Å². The lowest BCUT2D eigenvalue weighted by Crippen LogP contribution is -2.26. The molecule has 0 saturated carbocycles. The molecule has 0 fully saturated rings. The maximum absolute atomic E-state index is 12.9. The number of furan rings is 1. The molecule has 0 saturated heterocycles. The van der Waals surface area contributed by atoms with Gasteiger partial charge in [-0.25, -0.2) is 4.98 Å². The summed E-state index contributed by atoms with van der Waals surface area (Å²) in [6.45, 7) is 0.497. The van der Waals surface area contributed by atoms with Crippen LogP contribution < -0.4 is 5.32 Å². The number of hydrogen-bond donors (Lipinski definition) is 1. The summed E-state index contributed by atoms with van der Waals surface area (Å²) in [6.07, 6.45) is 4.62. The van der Waals surface area contributed by atoms with Gasteiger partial charge in [0.25, 0.3) is 5.91 Å². The van der Waals surface area contributed by atoms with Gasteiger partial charge in [-0.05, 0) is 29.6 Å². The summed E-state index contributed by atoms with van der Waals surface area (Å²) < 4.78 is 9.14. The minimum absolute atomic E-state index is 0.184. The van der Waals surface area contributed by atoms with Crippen LogP contribution in [0.1, 0.15) is 21.8 Å². The first-order valence-electron chi connectivity index (χ1n) is 9.65. The SMILES string of the molecule is O=C(NCCc1cn2ccccc2n1)c1oc2ccccc2c1CSc1cccs1. The van der Waals surface area contributed by atoms with Gasteiger partial charge >= 0.3 is 0 Å². The molecule has 0 aliphatic rings. The number of para-hydroxylation sites is 1. The Bertz CT molecular complexity index is 1270. The van der Waals surface area contributed by atoms with Crippen LogP contribution in [0.4, 0.5) is 0 Å². The second-order valence-electron chi connectivity index (χ2n) is 6.83. The zero-order chi connectivity index (χ0) is 20.3. The third-order valence-electron chi connectivity index (χ3n) is 4.84. The molecule has 0 radical (unpaired) electrons. The number of benzene rings is 1. The Morgan fingerprint density at radius 3 is 2.90 bits per heavy atom. The van der Waals surface area contributed by atoms with E-state index in [-0.39, 0.29) is 5.91 Å². The van der Waals surface area contributed by atoms with E-state index in [2.05, 4.69) is 21.7 Å². The third-order valence-corrected chi connectivity index (χ3v) is 7.00. The van der Waals surface area contributed by atoms with Crippen molar-refractivity contribution in [3.63, 3.8) is 0 Å². The van der Waals surface area contributed by atoms with Crippen molar-refractivity contribution < 1.29 is 9.21 Å². The van der Waals surface area contributed by atoms with Crippen molar-refractivity contribution in [1.29, 1.82) is 0 Å². The van der Waals surface area contributed by atoms with Crippen LogP contribution in [0.15, 0.2) is 81.0 Å². The van der Waals surface area contributed by atoms with Crippen LogP contribution in [0.2, 0.25) is 0 Å². The van der Waals surface area contributed by atoms with E-state index in [9.17, 15) is 4.79 Å². The molecule has 1 aromatic carbocycles. The number of fused-ring (bicyclic) bond motifs is 2. The van der Waals surface area contributed by atoms with Gasteiger partial charge in [-0.1, -0.05) is 30.3 Å². The smallest absolute Gasteiger partial charge is 0.287 e. The average Bonchev–Trinajstić information content (AvgIpc) is 3.50. The molecule has 0 spiro atoms. The van der Waals surface area contributed by atoms with Crippen molar-refractivity contribution in [3.8, 4) is 0 Å². The molecule has 5 nitrogen and oxygen atoms in total. The molecule has 4 aromatic heterocycles. The molecule has 0 aliphatic heterocycles. The minimum atomic E-state index is -0.184. The Morgan fingerprint density at radius 2 is 2.03 bits per heavy atom.